The van der Waals surface area contributed by atoms with Gasteiger partial charge in [-0.3, -0.25) is 0 Å². The highest BCUT2D eigenvalue weighted by Crippen LogP contribution is 2.37. The molecule has 47 heavy (non-hydrogen) atoms. The Labute approximate surface area is 274 Å². The Morgan fingerprint density at radius 2 is 1.04 bits per heavy atom. The first-order valence-corrected chi connectivity index (χ1v) is 19.0. The van der Waals surface area contributed by atoms with Crippen LogP contribution < -0.4 is 10.5 Å². The van der Waals surface area contributed by atoms with E-state index < -0.39 is 8.07 Å². The Hall–Kier alpha value is -5.78. The van der Waals surface area contributed by atoms with E-state index >= 15 is 0 Å². The fraction of sp³-hybridized carbons (Fsp3) is 0.0476. The van der Waals surface area contributed by atoms with Crippen LogP contribution in [-0.2, 0) is 0 Å². The van der Waals surface area contributed by atoms with Crippen molar-refractivity contribution in [2.45, 2.75) is 13.1 Å². The SMILES string of the molecule is C[Si]1(C)c2ccccc2-c2c(-c3ccccc3)nc(-c3cccc(-c4nc(-c5ccccc5)c5ccc6ccccc6c5n4)c3)nc21. The van der Waals surface area contributed by atoms with Crippen molar-refractivity contribution in [3.63, 3.8) is 0 Å². The fourth-order valence-electron chi connectivity index (χ4n) is 7.08. The second-order valence-electron chi connectivity index (χ2n) is 12.7. The zero-order valence-electron chi connectivity index (χ0n) is 26.1. The molecule has 222 valence electrons. The Morgan fingerprint density at radius 3 is 1.81 bits per heavy atom. The minimum atomic E-state index is -2.06. The van der Waals surface area contributed by atoms with Crippen LogP contribution in [0.2, 0.25) is 13.1 Å². The lowest BCUT2D eigenvalue weighted by atomic mass is 10.00. The average molecular weight is 619 g/mol. The quantitative estimate of drug-likeness (QED) is 0.146. The number of benzene rings is 6. The average Bonchev–Trinajstić information content (AvgIpc) is 3.37. The minimum absolute atomic E-state index is 0.682. The van der Waals surface area contributed by atoms with Crippen LogP contribution in [0.25, 0.3) is 78.1 Å². The van der Waals surface area contributed by atoms with Crippen molar-refractivity contribution in [3.8, 4) is 56.4 Å². The second-order valence-corrected chi connectivity index (χ2v) is 16.9. The van der Waals surface area contributed by atoms with Crippen LogP contribution in [0.15, 0.2) is 146 Å². The lowest BCUT2D eigenvalue weighted by molar-refractivity contribution is 1.20. The van der Waals surface area contributed by atoms with Crippen LogP contribution in [0, 0.1) is 0 Å². The topological polar surface area (TPSA) is 51.6 Å². The maximum absolute atomic E-state index is 5.38. The lowest BCUT2D eigenvalue weighted by Gasteiger charge is -2.19. The molecule has 9 rings (SSSR count). The minimum Gasteiger partial charge on any atom is -0.237 e. The van der Waals surface area contributed by atoms with Crippen molar-refractivity contribution >= 4 is 40.3 Å². The van der Waals surface area contributed by atoms with Gasteiger partial charge in [0.05, 0.1) is 16.9 Å². The fourth-order valence-corrected chi connectivity index (χ4v) is 10.00. The summed E-state index contributed by atoms with van der Waals surface area (Å²) in [6.07, 6.45) is 0. The van der Waals surface area contributed by atoms with Gasteiger partial charge in [-0.15, -0.1) is 0 Å². The normalized spacial score (nSPS) is 13.1. The molecule has 0 saturated carbocycles. The first-order chi connectivity index (χ1) is 23.1. The summed E-state index contributed by atoms with van der Waals surface area (Å²) in [7, 11) is -2.06. The third-order valence-corrected chi connectivity index (χ3v) is 12.8. The van der Waals surface area contributed by atoms with Crippen LogP contribution >= 0.6 is 0 Å². The zero-order valence-corrected chi connectivity index (χ0v) is 27.1. The molecule has 2 aromatic heterocycles. The van der Waals surface area contributed by atoms with Crippen LogP contribution in [0.5, 0.6) is 0 Å². The molecule has 5 heteroatoms. The van der Waals surface area contributed by atoms with E-state index in [1.165, 1.54) is 21.6 Å². The van der Waals surface area contributed by atoms with Crippen molar-refractivity contribution in [3.05, 3.63) is 146 Å². The second kappa shape index (κ2) is 10.6. The maximum atomic E-state index is 5.38. The third kappa shape index (κ3) is 4.42. The molecule has 0 fully saturated rings. The van der Waals surface area contributed by atoms with Crippen LogP contribution in [0.3, 0.4) is 0 Å². The Kier molecular flexibility index (Phi) is 6.23. The number of aromatic nitrogens is 4. The molecule has 4 nitrogen and oxygen atoms in total. The summed E-state index contributed by atoms with van der Waals surface area (Å²) in [5.41, 5.74) is 9.35. The van der Waals surface area contributed by atoms with Gasteiger partial charge in [-0.25, -0.2) is 19.9 Å². The summed E-state index contributed by atoms with van der Waals surface area (Å²) < 4.78 is 0. The summed E-state index contributed by atoms with van der Waals surface area (Å²) in [6.45, 7) is 4.80. The molecule has 0 atom stereocenters. The van der Waals surface area contributed by atoms with Crippen LogP contribution in [0.1, 0.15) is 0 Å². The molecule has 3 heterocycles. The number of fused-ring (bicyclic) bond motifs is 6. The largest absolute Gasteiger partial charge is 0.237 e. The highest BCUT2D eigenvalue weighted by molar-refractivity contribution is 7.03. The van der Waals surface area contributed by atoms with E-state index in [0.717, 1.165) is 61.1 Å². The van der Waals surface area contributed by atoms with Gasteiger partial charge in [-0.1, -0.05) is 147 Å². The van der Waals surface area contributed by atoms with Gasteiger partial charge in [0.25, 0.3) is 0 Å². The highest BCUT2D eigenvalue weighted by Gasteiger charge is 2.41. The molecule has 1 aliphatic rings. The summed E-state index contributed by atoms with van der Waals surface area (Å²) in [6, 6.07) is 50.8. The van der Waals surface area contributed by atoms with Crippen molar-refractivity contribution in [1.29, 1.82) is 0 Å². The molecule has 6 aromatic carbocycles. The van der Waals surface area contributed by atoms with Gasteiger partial charge in [0, 0.05) is 43.9 Å². The molecular weight excluding hydrogens is 589 g/mol. The number of hydrogen-bond donors (Lipinski definition) is 0. The van der Waals surface area contributed by atoms with E-state index in [4.69, 9.17) is 19.9 Å². The maximum Gasteiger partial charge on any atom is 0.160 e. The van der Waals surface area contributed by atoms with Crippen molar-refractivity contribution in [1.82, 2.24) is 19.9 Å². The van der Waals surface area contributed by atoms with Gasteiger partial charge in [-0.05, 0) is 28.3 Å². The van der Waals surface area contributed by atoms with E-state index in [2.05, 4.69) is 153 Å². The summed E-state index contributed by atoms with van der Waals surface area (Å²) in [5.74, 6) is 1.41. The van der Waals surface area contributed by atoms with Crippen molar-refractivity contribution < 1.29 is 0 Å². The van der Waals surface area contributed by atoms with Gasteiger partial charge < -0.3 is 0 Å². The number of hydrogen-bond acceptors (Lipinski definition) is 4. The predicted molar refractivity (Wildman–Crippen MR) is 197 cm³/mol. The molecule has 0 spiro atoms. The van der Waals surface area contributed by atoms with Crippen LogP contribution in [-0.4, -0.2) is 28.0 Å². The summed E-state index contributed by atoms with van der Waals surface area (Å²) in [5, 5.41) is 5.91. The summed E-state index contributed by atoms with van der Waals surface area (Å²) in [4.78, 5) is 21.1. The molecule has 0 amide bonds. The molecule has 0 unspecified atom stereocenters. The predicted octanol–water partition coefficient (Wildman–Crippen LogP) is 9.04. The van der Waals surface area contributed by atoms with Gasteiger partial charge in [-0.2, -0.15) is 0 Å². The monoisotopic (exact) mass is 618 g/mol. The number of rotatable bonds is 4. The van der Waals surface area contributed by atoms with Crippen molar-refractivity contribution in [2.24, 2.45) is 0 Å². The van der Waals surface area contributed by atoms with Gasteiger partial charge in [0.1, 0.15) is 8.07 Å². The molecule has 0 saturated heterocycles. The molecule has 8 aromatic rings. The van der Waals surface area contributed by atoms with E-state index in [9.17, 15) is 0 Å². The standard InChI is InChI=1S/C42H30N4Si/c1-47(2)35-23-12-11-22-33(35)36-38(29-17-7-4-8-18-29)44-41(46-42(36)47)31-20-13-19-30(26-31)40-43-37(28-15-5-3-6-16-28)34-25-24-27-14-9-10-21-32(27)39(34)45-40/h3-26H,1-2H3. The van der Waals surface area contributed by atoms with Gasteiger partial charge in [0.2, 0.25) is 0 Å². The highest BCUT2D eigenvalue weighted by atomic mass is 28.3. The van der Waals surface area contributed by atoms with Crippen molar-refractivity contribution in [2.75, 3.05) is 0 Å². The smallest absolute Gasteiger partial charge is 0.160 e. The molecule has 0 N–H and O–H groups in total. The van der Waals surface area contributed by atoms with Gasteiger partial charge >= 0.3 is 0 Å². The Balaban J connectivity index is 1.26. The Morgan fingerprint density at radius 1 is 0.447 bits per heavy atom. The summed E-state index contributed by atoms with van der Waals surface area (Å²) >= 11 is 0. The molecular formula is C42H30N4Si. The number of nitrogens with zero attached hydrogens (tertiary/aromatic N) is 4. The zero-order chi connectivity index (χ0) is 31.5. The third-order valence-electron chi connectivity index (χ3n) is 9.44. The van der Waals surface area contributed by atoms with Gasteiger partial charge in [0.15, 0.2) is 11.6 Å². The van der Waals surface area contributed by atoms with E-state index in [0.29, 0.717) is 5.82 Å². The van der Waals surface area contributed by atoms with Crippen LogP contribution in [0.4, 0.5) is 0 Å². The molecule has 1 aliphatic heterocycles. The lowest BCUT2D eigenvalue weighted by Crippen LogP contribution is -2.50. The Bertz CT molecular complexity index is 2490. The molecule has 0 bridgehead atoms. The first-order valence-electron chi connectivity index (χ1n) is 16.0. The molecule has 0 aliphatic carbocycles. The van der Waals surface area contributed by atoms with E-state index in [-0.39, 0.29) is 0 Å². The molecule has 0 radical (unpaired) electrons. The van der Waals surface area contributed by atoms with E-state index in [1.54, 1.807) is 0 Å². The van der Waals surface area contributed by atoms with E-state index in [1.807, 2.05) is 6.07 Å². The first kappa shape index (κ1) is 27.5.